The van der Waals surface area contributed by atoms with E-state index in [0.717, 1.165) is 18.5 Å². The highest BCUT2D eigenvalue weighted by Gasteiger charge is 2.14. The minimum atomic E-state index is -0.233. The molecule has 2 N–H and O–H groups in total. The molecule has 0 saturated heterocycles. The number of amides is 1. The molecule has 3 rings (SSSR count). The molecule has 0 spiro atoms. The molecule has 29 heavy (non-hydrogen) atoms. The minimum absolute atomic E-state index is 0.112. The molecule has 3 aromatic rings. The molecule has 1 amide bonds. The van der Waals surface area contributed by atoms with Crippen LogP contribution in [0.2, 0.25) is 0 Å². The topological polar surface area (TPSA) is 106 Å². The number of hydrogen-bond donors (Lipinski definition) is 2. The van der Waals surface area contributed by atoms with Crippen molar-refractivity contribution >= 4 is 45.8 Å². The fourth-order valence-electron chi connectivity index (χ4n) is 2.63. The average Bonchev–Trinajstić information content (AvgIpc) is 3.36. The van der Waals surface area contributed by atoms with Crippen LogP contribution in [0.15, 0.2) is 27.0 Å². The van der Waals surface area contributed by atoms with Crippen molar-refractivity contribution in [1.29, 1.82) is 0 Å². The van der Waals surface area contributed by atoms with E-state index in [-0.39, 0.29) is 23.6 Å². The van der Waals surface area contributed by atoms with Crippen LogP contribution in [0.4, 0.5) is 16.8 Å². The third-order valence-electron chi connectivity index (χ3n) is 4.14. The predicted molar refractivity (Wildman–Crippen MR) is 116 cm³/mol. The zero-order valence-electron chi connectivity index (χ0n) is 16.9. The number of nitrogens with zero attached hydrogens (tertiary/aromatic N) is 4. The number of hydrogen-bond acceptors (Lipinski definition) is 9. The molecule has 0 aliphatic carbocycles. The maximum Gasteiger partial charge on any atom is 0.322 e. The van der Waals surface area contributed by atoms with Gasteiger partial charge in [-0.05, 0) is 24.0 Å². The Morgan fingerprint density at radius 2 is 1.86 bits per heavy atom. The van der Waals surface area contributed by atoms with E-state index < -0.39 is 0 Å². The molecule has 8 nitrogen and oxygen atoms in total. The van der Waals surface area contributed by atoms with E-state index in [2.05, 4.69) is 63.1 Å². The van der Waals surface area contributed by atoms with Crippen molar-refractivity contribution < 1.29 is 9.21 Å². The smallest absolute Gasteiger partial charge is 0.322 e. The average molecular weight is 433 g/mol. The van der Waals surface area contributed by atoms with Gasteiger partial charge in [0.25, 0.3) is 0 Å². The first-order valence-electron chi connectivity index (χ1n) is 9.47. The van der Waals surface area contributed by atoms with Crippen molar-refractivity contribution in [3.8, 4) is 0 Å². The van der Waals surface area contributed by atoms with Gasteiger partial charge < -0.3 is 9.73 Å². The molecule has 10 heteroatoms. The van der Waals surface area contributed by atoms with Gasteiger partial charge in [-0.3, -0.25) is 10.1 Å². The number of carbonyl (C=O) groups excluding carboxylic acids is 1. The highest BCUT2D eigenvalue weighted by Crippen LogP contribution is 2.31. The summed E-state index contributed by atoms with van der Waals surface area (Å²) in [7, 11) is 0. The first-order valence-corrected chi connectivity index (χ1v) is 11.3. The Morgan fingerprint density at radius 3 is 2.48 bits per heavy atom. The molecule has 1 aromatic carbocycles. The van der Waals surface area contributed by atoms with Gasteiger partial charge in [0.2, 0.25) is 16.9 Å². The largest absolute Gasteiger partial charge is 0.408 e. The van der Waals surface area contributed by atoms with Crippen molar-refractivity contribution in [2.24, 2.45) is 0 Å². The van der Waals surface area contributed by atoms with E-state index in [0.29, 0.717) is 15.4 Å². The van der Waals surface area contributed by atoms with Crippen LogP contribution in [-0.2, 0) is 17.6 Å². The molecule has 0 saturated carbocycles. The lowest BCUT2D eigenvalue weighted by molar-refractivity contribution is -0.113. The molecule has 154 valence electrons. The summed E-state index contributed by atoms with van der Waals surface area (Å²) in [5.74, 6) is 0.551. The van der Waals surface area contributed by atoms with Crippen LogP contribution in [0.1, 0.15) is 50.6 Å². The Hall–Kier alpha value is -2.46. The summed E-state index contributed by atoms with van der Waals surface area (Å²) in [6.45, 7) is 8.15. The van der Waals surface area contributed by atoms with Crippen molar-refractivity contribution in [1.82, 2.24) is 20.4 Å². The Balaban J connectivity index is 1.57. The second-order valence-corrected chi connectivity index (χ2v) is 8.79. The first kappa shape index (κ1) is 21.3. The fraction of sp³-hybridized carbons (Fsp3) is 0.421. The zero-order chi connectivity index (χ0) is 20.8. The molecule has 2 heterocycles. The molecular weight excluding hydrogens is 408 g/mol. The third kappa shape index (κ3) is 5.54. The Kier molecular flexibility index (Phi) is 7.21. The van der Waals surface area contributed by atoms with E-state index in [9.17, 15) is 4.79 Å². The Bertz CT molecular complexity index is 947. The second-order valence-electron chi connectivity index (χ2n) is 6.59. The molecule has 0 unspecified atom stereocenters. The summed E-state index contributed by atoms with van der Waals surface area (Å²) in [5.41, 5.74) is 3.59. The number of thioether (sulfide) groups is 1. The number of benzene rings is 1. The lowest BCUT2D eigenvalue weighted by Gasteiger charge is -2.13. The summed E-state index contributed by atoms with van der Waals surface area (Å²) in [4.78, 5) is 12.1. The van der Waals surface area contributed by atoms with Gasteiger partial charge in [-0.2, -0.15) is 0 Å². The third-order valence-corrected chi connectivity index (χ3v) is 6.12. The van der Waals surface area contributed by atoms with Crippen LogP contribution >= 0.6 is 23.1 Å². The van der Waals surface area contributed by atoms with Crippen LogP contribution in [0.25, 0.3) is 0 Å². The van der Waals surface area contributed by atoms with Crippen molar-refractivity contribution in [3.05, 3.63) is 35.2 Å². The number of nitrogens with one attached hydrogen (secondary N) is 2. The summed E-state index contributed by atoms with van der Waals surface area (Å²) >= 11 is 2.74. The highest BCUT2D eigenvalue weighted by atomic mass is 32.2. The number of aryl methyl sites for hydroxylation is 2. The number of carbonyl (C=O) groups is 1. The summed E-state index contributed by atoms with van der Waals surface area (Å²) in [6.07, 6.45) is 1.87. The lowest BCUT2D eigenvalue weighted by atomic mass is 10.0. The van der Waals surface area contributed by atoms with Crippen LogP contribution < -0.4 is 10.6 Å². The molecular formula is C19H24N6O2S2. The van der Waals surface area contributed by atoms with Crippen LogP contribution in [-0.4, -0.2) is 32.1 Å². The number of aromatic nitrogens is 4. The SMILES string of the molecule is CCc1cccc(CC)c1Nc1nnc(SCC(=O)Nc2nnc(C(C)C)o2)s1. The quantitative estimate of drug-likeness (QED) is 0.471. The lowest BCUT2D eigenvalue weighted by Crippen LogP contribution is -2.14. The number of rotatable bonds is 9. The van der Waals surface area contributed by atoms with Gasteiger partial charge in [-0.15, -0.1) is 15.3 Å². The maximum absolute atomic E-state index is 12.1. The van der Waals surface area contributed by atoms with Gasteiger partial charge in [0.05, 0.1) is 5.75 Å². The maximum atomic E-state index is 12.1. The normalized spacial score (nSPS) is 11.1. The van der Waals surface area contributed by atoms with Gasteiger partial charge in [0, 0.05) is 11.6 Å². The van der Waals surface area contributed by atoms with Gasteiger partial charge in [-0.1, -0.05) is 74.1 Å². The molecule has 0 fully saturated rings. The Morgan fingerprint density at radius 1 is 1.14 bits per heavy atom. The van der Waals surface area contributed by atoms with E-state index in [1.165, 1.54) is 34.2 Å². The fourth-order valence-corrected chi connectivity index (χ4v) is 4.19. The first-order chi connectivity index (χ1) is 14.0. The van der Waals surface area contributed by atoms with E-state index in [4.69, 9.17) is 4.42 Å². The molecule has 0 aliphatic rings. The summed E-state index contributed by atoms with van der Waals surface area (Å²) < 4.78 is 6.09. The number of anilines is 3. The minimum Gasteiger partial charge on any atom is -0.408 e. The Labute approximate surface area is 177 Å². The van der Waals surface area contributed by atoms with Gasteiger partial charge in [0.1, 0.15) is 0 Å². The highest BCUT2D eigenvalue weighted by molar-refractivity contribution is 8.01. The van der Waals surface area contributed by atoms with Crippen LogP contribution in [0.3, 0.4) is 0 Å². The van der Waals surface area contributed by atoms with Gasteiger partial charge >= 0.3 is 6.01 Å². The van der Waals surface area contributed by atoms with Crippen molar-refractivity contribution in [3.63, 3.8) is 0 Å². The van der Waals surface area contributed by atoms with Gasteiger partial charge in [-0.25, -0.2) is 0 Å². The van der Waals surface area contributed by atoms with Crippen molar-refractivity contribution in [2.45, 2.75) is 50.8 Å². The number of para-hydroxylation sites is 1. The standard InChI is InChI=1S/C19H24N6O2S2/c1-5-12-8-7-9-13(6-2)15(12)21-18-24-25-19(29-18)28-10-14(26)20-17-23-22-16(27-17)11(3)4/h7-9,11H,5-6,10H2,1-4H3,(H,21,24)(H,20,23,26). The second kappa shape index (κ2) is 9.84. The molecule has 0 aliphatic heterocycles. The van der Waals surface area contributed by atoms with Gasteiger partial charge in [0.15, 0.2) is 4.34 Å². The predicted octanol–water partition coefficient (Wildman–Crippen LogP) is 4.64. The van der Waals surface area contributed by atoms with E-state index in [1.807, 2.05) is 13.8 Å². The van der Waals surface area contributed by atoms with Crippen LogP contribution in [0, 0.1) is 0 Å². The molecule has 0 bridgehead atoms. The molecule has 0 radical (unpaired) electrons. The summed E-state index contributed by atoms with van der Waals surface area (Å²) in [5, 5.41) is 22.8. The van der Waals surface area contributed by atoms with Crippen molar-refractivity contribution in [2.75, 3.05) is 16.4 Å². The van der Waals surface area contributed by atoms with Crippen LogP contribution in [0.5, 0.6) is 0 Å². The zero-order valence-corrected chi connectivity index (χ0v) is 18.5. The molecule has 0 atom stereocenters. The van der Waals surface area contributed by atoms with E-state index >= 15 is 0 Å². The van der Waals surface area contributed by atoms with E-state index in [1.54, 1.807) is 0 Å². The monoisotopic (exact) mass is 432 g/mol. The molecule has 2 aromatic heterocycles. The summed E-state index contributed by atoms with van der Waals surface area (Å²) in [6, 6.07) is 6.42.